The summed E-state index contributed by atoms with van der Waals surface area (Å²) in [5.41, 5.74) is 0. The second-order valence-corrected chi connectivity index (χ2v) is 4.04. The predicted octanol–water partition coefficient (Wildman–Crippen LogP) is -1.56. The predicted molar refractivity (Wildman–Crippen MR) is 32.6 cm³/mol. The van der Waals surface area contributed by atoms with Crippen molar-refractivity contribution in [2.75, 3.05) is 6.61 Å². The van der Waals surface area contributed by atoms with Gasteiger partial charge in [0, 0.05) is 0 Å². The first kappa shape index (κ1) is 9.18. The Morgan fingerprint density at radius 3 is 1.89 bits per heavy atom. The molecule has 0 aromatic carbocycles. The van der Waals surface area contributed by atoms with Gasteiger partial charge in [0.25, 0.3) is 4.27 Å². The van der Waals surface area contributed by atoms with Crippen molar-refractivity contribution < 1.29 is 23.2 Å². The van der Waals surface area contributed by atoms with Crippen molar-refractivity contribution in [3.8, 4) is 0 Å². The van der Waals surface area contributed by atoms with E-state index in [1.54, 1.807) is 0 Å². The molecule has 0 aliphatic carbocycles. The number of thiol groups is 1. The van der Waals surface area contributed by atoms with Gasteiger partial charge in [0.15, 0.2) is 0 Å². The van der Waals surface area contributed by atoms with Gasteiger partial charge >= 0.3 is 10.1 Å². The van der Waals surface area contributed by atoms with E-state index in [1.165, 1.54) is 0 Å². The van der Waals surface area contributed by atoms with E-state index in [4.69, 9.17) is 14.8 Å². The summed E-state index contributed by atoms with van der Waals surface area (Å²) in [5.74, 6) is 0. The van der Waals surface area contributed by atoms with E-state index in [1.807, 2.05) is 0 Å². The Labute approximate surface area is 57.5 Å². The molecule has 0 amide bonds. The van der Waals surface area contributed by atoms with E-state index >= 15 is 0 Å². The van der Waals surface area contributed by atoms with Crippen molar-refractivity contribution in [1.82, 2.24) is 0 Å². The zero-order chi connectivity index (χ0) is 7.71. The molecule has 0 saturated heterocycles. The smallest absolute Gasteiger partial charge is 0.307 e. The second-order valence-electron chi connectivity index (χ2n) is 1.38. The van der Waals surface area contributed by atoms with Gasteiger partial charge in [0.05, 0.1) is 6.61 Å². The summed E-state index contributed by atoms with van der Waals surface area (Å²) < 4.78 is 25.2. The van der Waals surface area contributed by atoms with Crippen molar-refractivity contribution in [2.24, 2.45) is 0 Å². The van der Waals surface area contributed by atoms with E-state index in [9.17, 15) is 8.42 Å². The Morgan fingerprint density at radius 1 is 1.56 bits per heavy atom. The fourth-order valence-electron chi connectivity index (χ4n) is 0.0816. The van der Waals surface area contributed by atoms with Gasteiger partial charge in [-0.25, -0.2) is 0 Å². The number of rotatable bonds is 2. The number of hydrogen-bond acceptors (Lipinski definition) is 5. The highest BCUT2D eigenvalue weighted by molar-refractivity contribution is 8.02. The molecule has 0 bridgehead atoms. The van der Waals surface area contributed by atoms with Crippen molar-refractivity contribution in [1.29, 1.82) is 0 Å². The summed E-state index contributed by atoms with van der Waals surface area (Å²) in [6, 6.07) is 0. The molecule has 0 rings (SSSR count). The maximum absolute atomic E-state index is 9.95. The topological polar surface area (TPSA) is 94.8 Å². The number of aliphatic hydroxyl groups excluding tert-OH is 1. The van der Waals surface area contributed by atoms with Crippen molar-refractivity contribution in [2.45, 2.75) is 4.27 Å². The molecular weight excluding hydrogens is 168 g/mol. The van der Waals surface area contributed by atoms with Crippen LogP contribution in [0.4, 0.5) is 0 Å². The third-order valence-corrected chi connectivity index (χ3v) is 2.41. The molecule has 0 heterocycles. The zero-order valence-corrected chi connectivity index (χ0v) is 5.93. The normalized spacial score (nSPS) is 19.1. The summed E-state index contributed by atoms with van der Waals surface area (Å²) in [4.78, 5) is 0. The second kappa shape index (κ2) is 2.43. The quantitative estimate of drug-likeness (QED) is 0.231. The van der Waals surface area contributed by atoms with Gasteiger partial charge in [-0.15, -0.1) is 12.6 Å². The molecule has 0 radical (unpaired) electrons. The number of aliphatic hydroxyl groups is 2. The lowest BCUT2D eigenvalue weighted by molar-refractivity contribution is 0.120. The molecule has 0 aromatic rings. The highest BCUT2D eigenvalue weighted by Crippen LogP contribution is 2.15. The van der Waals surface area contributed by atoms with Gasteiger partial charge in [-0.2, -0.15) is 8.42 Å². The van der Waals surface area contributed by atoms with Crippen LogP contribution in [0.3, 0.4) is 0 Å². The van der Waals surface area contributed by atoms with E-state index in [2.05, 4.69) is 12.6 Å². The van der Waals surface area contributed by atoms with Gasteiger partial charge in [0.2, 0.25) is 0 Å². The van der Waals surface area contributed by atoms with Crippen LogP contribution in [0.25, 0.3) is 0 Å². The minimum absolute atomic E-state index is 1.16. The number of hydrogen-bond donors (Lipinski definition) is 4. The molecule has 9 heavy (non-hydrogen) atoms. The molecule has 0 aliphatic heterocycles. The van der Waals surface area contributed by atoms with Crippen LogP contribution >= 0.6 is 12.6 Å². The molecule has 3 N–H and O–H groups in total. The van der Waals surface area contributed by atoms with Crippen LogP contribution in [0, 0.1) is 0 Å². The van der Waals surface area contributed by atoms with E-state index in [0.717, 1.165) is 0 Å². The Bertz CT molecular complexity index is 179. The van der Waals surface area contributed by atoms with Gasteiger partial charge in [-0.1, -0.05) is 0 Å². The fourth-order valence-corrected chi connectivity index (χ4v) is 0.245. The summed E-state index contributed by atoms with van der Waals surface area (Å²) in [7, 11) is -4.68. The fraction of sp³-hybridized carbons (Fsp3) is 1.00. The standard InChI is InChI=1S/C2H6O5S2/c3-1-2(4,8)9(5,6)7/h3-4,8H,1H2,(H,5,6,7). The molecule has 0 saturated carbocycles. The minimum Gasteiger partial charge on any atom is -0.391 e. The largest absolute Gasteiger partial charge is 0.391 e. The van der Waals surface area contributed by atoms with Crippen LogP contribution in [0.2, 0.25) is 0 Å². The van der Waals surface area contributed by atoms with Crippen LogP contribution in [0.1, 0.15) is 0 Å². The van der Waals surface area contributed by atoms with E-state index < -0.39 is 21.0 Å². The Hall–Kier alpha value is 0.180. The molecule has 56 valence electrons. The van der Waals surface area contributed by atoms with Crippen molar-refractivity contribution in [3.05, 3.63) is 0 Å². The highest BCUT2D eigenvalue weighted by Gasteiger charge is 2.35. The average Bonchev–Trinajstić information content (AvgIpc) is 1.64. The lowest BCUT2D eigenvalue weighted by Gasteiger charge is -2.13. The van der Waals surface area contributed by atoms with Crippen LogP contribution in [-0.2, 0) is 10.1 Å². The van der Waals surface area contributed by atoms with Gasteiger partial charge in [0.1, 0.15) is 0 Å². The summed E-state index contributed by atoms with van der Waals surface area (Å²) in [5, 5.41) is 16.5. The molecular formula is C2H6O5S2. The molecule has 1 atom stereocenters. The molecule has 0 aliphatic rings. The first-order valence-electron chi connectivity index (χ1n) is 1.84. The molecule has 7 heteroatoms. The van der Waals surface area contributed by atoms with E-state index in [0.29, 0.717) is 0 Å². The zero-order valence-electron chi connectivity index (χ0n) is 4.22. The van der Waals surface area contributed by atoms with Gasteiger partial charge in [-0.05, 0) is 0 Å². The van der Waals surface area contributed by atoms with Crippen LogP contribution in [-0.4, -0.2) is 34.1 Å². The molecule has 0 fully saturated rings. The van der Waals surface area contributed by atoms with Crippen LogP contribution < -0.4 is 0 Å². The first-order chi connectivity index (χ1) is 3.81. The van der Waals surface area contributed by atoms with Gasteiger partial charge in [-0.3, -0.25) is 4.55 Å². The molecule has 0 aromatic heterocycles. The van der Waals surface area contributed by atoms with Gasteiger partial charge < -0.3 is 10.2 Å². The maximum Gasteiger partial charge on any atom is 0.307 e. The first-order valence-corrected chi connectivity index (χ1v) is 3.72. The maximum atomic E-state index is 9.95. The summed E-state index contributed by atoms with van der Waals surface area (Å²) in [6.07, 6.45) is 0. The SMILES string of the molecule is O=S(=O)(O)C(O)(S)CO. The monoisotopic (exact) mass is 174 g/mol. The average molecular weight is 174 g/mol. The van der Waals surface area contributed by atoms with E-state index in [-0.39, 0.29) is 0 Å². The molecule has 5 nitrogen and oxygen atoms in total. The summed E-state index contributed by atoms with van der Waals surface area (Å²) >= 11 is 3.03. The minimum atomic E-state index is -4.68. The third-order valence-electron chi connectivity index (χ3n) is 0.619. The lowest BCUT2D eigenvalue weighted by atomic mass is 10.8. The summed E-state index contributed by atoms with van der Waals surface area (Å²) in [6.45, 7) is -1.16. The Morgan fingerprint density at radius 2 is 1.89 bits per heavy atom. The highest BCUT2D eigenvalue weighted by atomic mass is 32.3. The lowest BCUT2D eigenvalue weighted by Crippen LogP contribution is -2.35. The van der Waals surface area contributed by atoms with Crippen LogP contribution in [0.5, 0.6) is 0 Å². The molecule has 1 unspecified atom stereocenters. The molecule has 0 spiro atoms. The van der Waals surface area contributed by atoms with Crippen LogP contribution in [0.15, 0.2) is 0 Å². The Kier molecular flexibility index (Phi) is 2.48. The Balaban J connectivity index is 4.56. The third kappa shape index (κ3) is 2.11. The van der Waals surface area contributed by atoms with Crippen molar-refractivity contribution in [3.63, 3.8) is 0 Å². The van der Waals surface area contributed by atoms with Crippen molar-refractivity contribution >= 4 is 22.7 Å².